The lowest BCUT2D eigenvalue weighted by Gasteiger charge is -2.08. The van der Waals surface area contributed by atoms with E-state index in [1.54, 1.807) is 0 Å². The lowest BCUT2D eigenvalue weighted by Crippen LogP contribution is -1.86. The van der Waals surface area contributed by atoms with E-state index in [1.807, 2.05) is 12.1 Å². The number of hydrogen-bond donors (Lipinski definition) is 0. The molecule has 0 aliphatic carbocycles. The highest BCUT2D eigenvalue weighted by atomic mass is 35.5. The van der Waals surface area contributed by atoms with Crippen molar-refractivity contribution in [1.29, 1.82) is 0 Å². The predicted molar refractivity (Wildman–Crippen MR) is 80.2 cm³/mol. The first-order chi connectivity index (χ1) is 9.24. The fraction of sp³-hybridized carbons (Fsp3) is 0.125. The van der Waals surface area contributed by atoms with Crippen molar-refractivity contribution in [1.82, 2.24) is 0 Å². The summed E-state index contributed by atoms with van der Waals surface area (Å²) in [4.78, 5) is 0. The molecule has 0 spiro atoms. The normalized spacial score (nSPS) is 18.1. The first-order valence-corrected chi connectivity index (χ1v) is 6.91. The smallest absolute Gasteiger partial charge is 0.107 e. The van der Waals surface area contributed by atoms with Gasteiger partial charge in [0.05, 0.1) is 16.7 Å². The molecule has 94 valence electrons. The number of halogens is 2. The van der Waals surface area contributed by atoms with Crippen LogP contribution in [-0.2, 0) is 4.74 Å². The largest absolute Gasteiger partial charge is 0.368 e. The molecule has 1 aliphatic rings. The zero-order chi connectivity index (χ0) is 13.0. The molecule has 1 nitrogen and oxygen atoms in total. The van der Waals surface area contributed by atoms with Gasteiger partial charge in [0.25, 0.3) is 0 Å². The maximum Gasteiger partial charge on any atom is 0.107 e. The third-order valence-electron chi connectivity index (χ3n) is 3.63. The average Bonchev–Trinajstić information content (AvgIpc) is 3.24. The van der Waals surface area contributed by atoms with Gasteiger partial charge < -0.3 is 4.74 Å². The zero-order valence-electron chi connectivity index (χ0n) is 9.99. The molecule has 0 bridgehead atoms. The van der Waals surface area contributed by atoms with Gasteiger partial charge in [-0.3, -0.25) is 0 Å². The van der Waals surface area contributed by atoms with Gasteiger partial charge in [-0.25, -0.2) is 0 Å². The molecule has 1 atom stereocenters. The van der Waals surface area contributed by atoms with E-state index >= 15 is 0 Å². The van der Waals surface area contributed by atoms with Gasteiger partial charge in [0, 0.05) is 0 Å². The summed E-state index contributed by atoms with van der Waals surface area (Å²) in [5.41, 5.74) is 1.26. The fourth-order valence-corrected chi connectivity index (χ4v) is 2.95. The van der Waals surface area contributed by atoms with Crippen LogP contribution in [0.5, 0.6) is 0 Å². The van der Waals surface area contributed by atoms with Gasteiger partial charge in [-0.1, -0.05) is 53.5 Å². The first kappa shape index (κ1) is 11.5. The second kappa shape index (κ2) is 4.11. The molecular formula is C16H10Cl2O. The van der Waals surface area contributed by atoms with Crippen molar-refractivity contribution >= 4 is 44.7 Å². The highest BCUT2D eigenvalue weighted by Crippen LogP contribution is 2.38. The summed E-state index contributed by atoms with van der Waals surface area (Å²) in [6.45, 7) is 0.818. The molecule has 4 rings (SSSR count). The Morgan fingerprint density at radius 2 is 1.68 bits per heavy atom. The molecule has 1 aliphatic heterocycles. The molecule has 0 aromatic heterocycles. The number of ether oxygens (including phenoxy) is 1. The molecule has 1 saturated heterocycles. The first-order valence-electron chi connectivity index (χ1n) is 6.16. The molecular weight excluding hydrogens is 279 g/mol. The summed E-state index contributed by atoms with van der Waals surface area (Å²) < 4.78 is 5.41. The van der Waals surface area contributed by atoms with Crippen molar-refractivity contribution in [3.63, 3.8) is 0 Å². The van der Waals surface area contributed by atoms with E-state index in [1.165, 1.54) is 16.3 Å². The van der Waals surface area contributed by atoms with Crippen LogP contribution in [0.1, 0.15) is 11.7 Å². The van der Waals surface area contributed by atoms with Crippen molar-refractivity contribution in [2.45, 2.75) is 6.10 Å². The third kappa shape index (κ3) is 1.81. The van der Waals surface area contributed by atoms with Crippen LogP contribution in [0.4, 0.5) is 0 Å². The highest BCUT2D eigenvalue weighted by molar-refractivity contribution is 6.43. The quantitative estimate of drug-likeness (QED) is 0.433. The number of benzene rings is 3. The topological polar surface area (TPSA) is 12.5 Å². The van der Waals surface area contributed by atoms with Crippen molar-refractivity contribution in [2.75, 3.05) is 6.61 Å². The van der Waals surface area contributed by atoms with Crippen molar-refractivity contribution in [3.8, 4) is 0 Å². The van der Waals surface area contributed by atoms with Crippen LogP contribution in [0.15, 0.2) is 42.5 Å². The molecule has 3 aromatic rings. The Kier molecular flexibility index (Phi) is 2.49. The lowest BCUT2D eigenvalue weighted by molar-refractivity contribution is 0.417. The van der Waals surface area contributed by atoms with Crippen LogP contribution in [0.3, 0.4) is 0 Å². The summed E-state index contributed by atoms with van der Waals surface area (Å²) in [5.74, 6) is 0. The number of hydrogen-bond acceptors (Lipinski definition) is 1. The van der Waals surface area contributed by atoms with E-state index in [-0.39, 0.29) is 6.10 Å². The molecule has 0 radical (unpaired) electrons. The Labute approximate surface area is 120 Å². The third-order valence-corrected chi connectivity index (χ3v) is 4.35. The number of epoxide rings is 1. The molecule has 1 heterocycles. The van der Waals surface area contributed by atoms with Crippen molar-refractivity contribution in [2.24, 2.45) is 0 Å². The second-order valence-corrected chi connectivity index (χ2v) is 5.63. The van der Waals surface area contributed by atoms with E-state index in [4.69, 9.17) is 27.9 Å². The maximum atomic E-state index is 6.15. The summed E-state index contributed by atoms with van der Waals surface area (Å²) in [6, 6.07) is 14.4. The van der Waals surface area contributed by atoms with Crippen LogP contribution >= 0.6 is 23.2 Å². The molecule has 1 fully saturated rings. The minimum absolute atomic E-state index is 0.254. The van der Waals surface area contributed by atoms with Gasteiger partial charge in [-0.05, 0) is 39.2 Å². The van der Waals surface area contributed by atoms with E-state index in [0.29, 0.717) is 10.0 Å². The lowest BCUT2D eigenvalue weighted by atomic mass is 9.97. The molecule has 19 heavy (non-hydrogen) atoms. The van der Waals surface area contributed by atoms with E-state index in [0.717, 1.165) is 17.4 Å². The summed E-state index contributed by atoms with van der Waals surface area (Å²) in [5, 5.41) is 5.86. The van der Waals surface area contributed by atoms with Gasteiger partial charge in [0.15, 0.2) is 0 Å². The molecule has 0 unspecified atom stereocenters. The zero-order valence-corrected chi connectivity index (χ0v) is 11.5. The monoisotopic (exact) mass is 288 g/mol. The second-order valence-electron chi connectivity index (χ2n) is 4.82. The Hall–Kier alpha value is -1.28. The number of rotatable bonds is 1. The summed E-state index contributed by atoms with van der Waals surface area (Å²) in [7, 11) is 0. The van der Waals surface area contributed by atoms with Crippen LogP contribution in [0.2, 0.25) is 10.0 Å². The number of fused-ring (bicyclic) bond motifs is 3. The predicted octanol–water partition coefficient (Wildman–Crippen LogP) is 5.37. The van der Waals surface area contributed by atoms with E-state index in [2.05, 4.69) is 30.3 Å². The van der Waals surface area contributed by atoms with Crippen LogP contribution in [0, 0.1) is 0 Å². The molecule has 0 amide bonds. The summed E-state index contributed by atoms with van der Waals surface area (Å²) in [6.07, 6.45) is 0.254. The van der Waals surface area contributed by atoms with Crippen LogP contribution in [0.25, 0.3) is 21.5 Å². The van der Waals surface area contributed by atoms with Gasteiger partial charge in [-0.2, -0.15) is 0 Å². The fourth-order valence-electron chi connectivity index (χ4n) is 2.62. The van der Waals surface area contributed by atoms with Crippen molar-refractivity contribution < 1.29 is 4.74 Å². The molecule has 0 saturated carbocycles. The Morgan fingerprint density at radius 3 is 2.47 bits per heavy atom. The highest BCUT2D eigenvalue weighted by Gasteiger charge is 2.26. The molecule has 3 aromatic carbocycles. The van der Waals surface area contributed by atoms with Gasteiger partial charge >= 0.3 is 0 Å². The minimum Gasteiger partial charge on any atom is -0.368 e. The van der Waals surface area contributed by atoms with Gasteiger partial charge in [-0.15, -0.1) is 0 Å². The van der Waals surface area contributed by atoms with Crippen molar-refractivity contribution in [3.05, 3.63) is 58.1 Å². The minimum atomic E-state index is 0.254. The van der Waals surface area contributed by atoms with Gasteiger partial charge in [0.2, 0.25) is 0 Å². The Bertz CT molecular complexity index is 807. The summed E-state index contributed by atoms with van der Waals surface area (Å²) >= 11 is 12.2. The SMILES string of the molecule is Clc1cc2ccc3c([C@@H]4CO4)cccc3c2cc1Cl. The Morgan fingerprint density at radius 1 is 0.895 bits per heavy atom. The average molecular weight is 289 g/mol. The molecule has 3 heteroatoms. The standard InChI is InChI=1S/C16H10Cl2O/c17-14-6-9-4-5-11-10(13(9)7-15(14)18)2-1-3-12(11)16-8-19-16/h1-7,16H,8H2/t16-/m0/s1. The van der Waals surface area contributed by atoms with E-state index in [9.17, 15) is 0 Å². The van der Waals surface area contributed by atoms with Crippen LogP contribution < -0.4 is 0 Å². The maximum absolute atomic E-state index is 6.15. The Balaban J connectivity index is 2.13. The molecule has 0 N–H and O–H groups in total. The van der Waals surface area contributed by atoms with Crippen LogP contribution in [-0.4, -0.2) is 6.61 Å². The van der Waals surface area contributed by atoms with Gasteiger partial charge in [0.1, 0.15) is 6.10 Å². The van der Waals surface area contributed by atoms with E-state index < -0.39 is 0 Å².